The Hall–Kier alpha value is -1.30. The van der Waals surface area contributed by atoms with E-state index in [1.54, 1.807) is 4.90 Å². The third kappa shape index (κ3) is 5.00. The van der Waals surface area contributed by atoms with Gasteiger partial charge in [-0.1, -0.05) is 13.3 Å². The van der Waals surface area contributed by atoms with Crippen molar-refractivity contribution in [2.24, 2.45) is 11.7 Å². The maximum atomic E-state index is 12.1. The number of amides is 2. The number of methoxy groups -OCH3 is 1. The number of hydrogen-bond acceptors (Lipinski definition) is 4. The Labute approximate surface area is 121 Å². The zero-order valence-electron chi connectivity index (χ0n) is 12.6. The predicted octanol–water partition coefficient (Wildman–Crippen LogP) is 1.05. The Morgan fingerprint density at radius 1 is 1.15 bits per heavy atom. The third-order valence-electron chi connectivity index (χ3n) is 3.98. The van der Waals surface area contributed by atoms with E-state index < -0.39 is 0 Å². The fourth-order valence-corrected chi connectivity index (χ4v) is 2.54. The molecule has 1 saturated heterocycles. The van der Waals surface area contributed by atoms with Crippen LogP contribution >= 0.6 is 0 Å². The maximum Gasteiger partial charge on any atom is 0.409 e. The predicted molar refractivity (Wildman–Crippen MR) is 77.2 cm³/mol. The summed E-state index contributed by atoms with van der Waals surface area (Å²) in [6.07, 6.45) is 3.23. The molecule has 2 amide bonds. The van der Waals surface area contributed by atoms with E-state index in [9.17, 15) is 9.59 Å². The van der Waals surface area contributed by atoms with E-state index in [0.29, 0.717) is 45.1 Å². The minimum absolute atomic E-state index is 0.185. The van der Waals surface area contributed by atoms with Gasteiger partial charge >= 0.3 is 6.09 Å². The van der Waals surface area contributed by atoms with Gasteiger partial charge in [0.05, 0.1) is 7.11 Å². The molecule has 2 N–H and O–H groups in total. The van der Waals surface area contributed by atoms with Crippen molar-refractivity contribution in [3.8, 4) is 0 Å². The van der Waals surface area contributed by atoms with Crippen LogP contribution < -0.4 is 5.73 Å². The van der Waals surface area contributed by atoms with Crippen LogP contribution in [0.2, 0.25) is 0 Å². The van der Waals surface area contributed by atoms with Crippen LogP contribution in [0.4, 0.5) is 4.79 Å². The molecular formula is C14H27N3O3. The van der Waals surface area contributed by atoms with Crippen LogP contribution in [0.1, 0.15) is 32.6 Å². The quantitative estimate of drug-likeness (QED) is 0.791. The molecule has 6 nitrogen and oxygen atoms in total. The topological polar surface area (TPSA) is 75.9 Å². The van der Waals surface area contributed by atoms with Crippen molar-refractivity contribution < 1.29 is 14.3 Å². The van der Waals surface area contributed by atoms with Crippen molar-refractivity contribution in [1.29, 1.82) is 0 Å². The number of ether oxygens (including phenoxy) is 1. The summed E-state index contributed by atoms with van der Waals surface area (Å²) in [5.41, 5.74) is 5.57. The molecular weight excluding hydrogens is 258 g/mol. The first-order valence-corrected chi connectivity index (χ1v) is 7.43. The minimum atomic E-state index is -0.314. The lowest BCUT2D eigenvalue weighted by Gasteiger charge is -2.34. The van der Waals surface area contributed by atoms with Crippen LogP contribution in [-0.2, 0) is 9.53 Å². The number of nitrogens with zero attached hydrogens (tertiary/aromatic N) is 2. The van der Waals surface area contributed by atoms with E-state index in [1.165, 1.54) is 7.11 Å². The van der Waals surface area contributed by atoms with Crippen molar-refractivity contribution in [3.05, 3.63) is 0 Å². The first kappa shape index (κ1) is 16.8. The number of rotatable bonds is 6. The molecule has 116 valence electrons. The summed E-state index contributed by atoms with van der Waals surface area (Å²) in [5, 5.41) is 0. The van der Waals surface area contributed by atoms with Crippen molar-refractivity contribution in [1.82, 2.24) is 9.80 Å². The van der Waals surface area contributed by atoms with Crippen LogP contribution in [0.25, 0.3) is 0 Å². The van der Waals surface area contributed by atoms with E-state index in [1.807, 2.05) is 4.90 Å². The van der Waals surface area contributed by atoms with Crippen molar-refractivity contribution in [3.63, 3.8) is 0 Å². The van der Waals surface area contributed by atoms with Gasteiger partial charge in [0.15, 0.2) is 0 Å². The van der Waals surface area contributed by atoms with Gasteiger partial charge in [0.25, 0.3) is 0 Å². The van der Waals surface area contributed by atoms with Crippen molar-refractivity contribution in [2.45, 2.75) is 32.6 Å². The van der Waals surface area contributed by atoms with Gasteiger partial charge < -0.3 is 20.3 Å². The highest BCUT2D eigenvalue weighted by Gasteiger charge is 2.24. The number of carbonyl (C=O) groups is 2. The molecule has 1 heterocycles. The summed E-state index contributed by atoms with van der Waals surface area (Å²) < 4.78 is 4.68. The SMILES string of the molecule is CCC(CCN)CCC(=O)N1CCN(C(=O)OC)CC1. The minimum Gasteiger partial charge on any atom is -0.453 e. The summed E-state index contributed by atoms with van der Waals surface area (Å²) >= 11 is 0. The van der Waals surface area contributed by atoms with Gasteiger partial charge in [-0.25, -0.2) is 4.79 Å². The molecule has 1 rings (SSSR count). The van der Waals surface area contributed by atoms with E-state index in [2.05, 4.69) is 11.7 Å². The fraction of sp³-hybridized carbons (Fsp3) is 0.857. The standard InChI is InChI=1S/C14H27N3O3/c1-3-12(6-7-15)4-5-13(18)16-8-10-17(11-9-16)14(19)20-2/h12H,3-11,15H2,1-2H3. The Morgan fingerprint density at radius 2 is 1.75 bits per heavy atom. The van der Waals surface area contributed by atoms with Gasteiger partial charge in [-0.05, 0) is 25.3 Å². The molecule has 0 aromatic carbocycles. The van der Waals surface area contributed by atoms with Crippen LogP contribution in [0.5, 0.6) is 0 Å². The first-order chi connectivity index (χ1) is 9.62. The van der Waals surface area contributed by atoms with Crippen LogP contribution in [0.15, 0.2) is 0 Å². The molecule has 0 spiro atoms. The second-order valence-corrected chi connectivity index (χ2v) is 5.23. The molecule has 1 fully saturated rings. The average molecular weight is 285 g/mol. The number of hydrogen-bond donors (Lipinski definition) is 1. The summed E-state index contributed by atoms with van der Waals surface area (Å²) in [6.45, 7) is 5.13. The molecule has 0 radical (unpaired) electrons. The zero-order chi connectivity index (χ0) is 15.0. The largest absolute Gasteiger partial charge is 0.453 e. The second-order valence-electron chi connectivity index (χ2n) is 5.23. The van der Waals surface area contributed by atoms with E-state index in [0.717, 1.165) is 19.3 Å². The van der Waals surface area contributed by atoms with Gasteiger partial charge in [0, 0.05) is 32.6 Å². The molecule has 0 saturated carbocycles. The van der Waals surface area contributed by atoms with Crippen LogP contribution in [-0.4, -0.2) is 61.6 Å². The Bertz CT molecular complexity index is 315. The Balaban J connectivity index is 2.30. The normalized spacial score (nSPS) is 16.9. The summed E-state index contributed by atoms with van der Waals surface area (Å²) in [7, 11) is 1.38. The molecule has 1 unspecified atom stereocenters. The van der Waals surface area contributed by atoms with Crippen molar-refractivity contribution >= 4 is 12.0 Å². The highest BCUT2D eigenvalue weighted by Crippen LogP contribution is 2.16. The first-order valence-electron chi connectivity index (χ1n) is 7.43. The fourth-order valence-electron chi connectivity index (χ4n) is 2.54. The summed E-state index contributed by atoms with van der Waals surface area (Å²) in [5.74, 6) is 0.727. The lowest BCUT2D eigenvalue weighted by Crippen LogP contribution is -2.50. The molecule has 20 heavy (non-hydrogen) atoms. The molecule has 1 aliphatic rings. The Kier molecular flexibility index (Phi) is 7.36. The van der Waals surface area contributed by atoms with E-state index in [4.69, 9.17) is 5.73 Å². The molecule has 0 aliphatic carbocycles. The van der Waals surface area contributed by atoms with E-state index >= 15 is 0 Å². The van der Waals surface area contributed by atoms with Gasteiger partial charge in [-0.2, -0.15) is 0 Å². The number of nitrogens with two attached hydrogens (primary N) is 1. The lowest BCUT2D eigenvalue weighted by atomic mass is 9.96. The number of piperazine rings is 1. The lowest BCUT2D eigenvalue weighted by molar-refractivity contribution is -0.133. The smallest absolute Gasteiger partial charge is 0.409 e. The second kappa shape index (κ2) is 8.79. The van der Waals surface area contributed by atoms with E-state index in [-0.39, 0.29) is 12.0 Å². The Morgan fingerprint density at radius 3 is 2.25 bits per heavy atom. The molecule has 0 aromatic heterocycles. The molecule has 0 bridgehead atoms. The van der Waals surface area contributed by atoms with Gasteiger partial charge in [0.2, 0.25) is 5.91 Å². The summed E-state index contributed by atoms with van der Waals surface area (Å²) in [6, 6.07) is 0. The highest BCUT2D eigenvalue weighted by atomic mass is 16.5. The van der Waals surface area contributed by atoms with Gasteiger partial charge in [-0.3, -0.25) is 4.79 Å². The monoisotopic (exact) mass is 285 g/mol. The zero-order valence-corrected chi connectivity index (χ0v) is 12.6. The van der Waals surface area contributed by atoms with Gasteiger partial charge in [0.1, 0.15) is 0 Å². The molecule has 0 aromatic rings. The van der Waals surface area contributed by atoms with Gasteiger partial charge in [-0.15, -0.1) is 0 Å². The van der Waals surface area contributed by atoms with Crippen LogP contribution in [0.3, 0.4) is 0 Å². The number of carbonyl (C=O) groups excluding carboxylic acids is 2. The highest BCUT2D eigenvalue weighted by molar-refractivity contribution is 5.76. The molecule has 1 aliphatic heterocycles. The van der Waals surface area contributed by atoms with Crippen molar-refractivity contribution in [2.75, 3.05) is 39.8 Å². The average Bonchev–Trinajstić information content (AvgIpc) is 2.50. The summed E-state index contributed by atoms with van der Waals surface area (Å²) in [4.78, 5) is 27.0. The third-order valence-corrected chi connectivity index (χ3v) is 3.98. The van der Waals surface area contributed by atoms with Crippen LogP contribution in [0, 0.1) is 5.92 Å². The molecule has 1 atom stereocenters. The maximum absolute atomic E-state index is 12.1. The molecule has 6 heteroatoms.